The van der Waals surface area contributed by atoms with Gasteiger partial charge in [-0.1, -0.05) is 5.16 Å². The molecule has 9 nitrogen and oxygen atoms in total. The fourth-order valence-electron chi connectivity index (χ4n) is 2.61. The van der Waals surface area contributed by atoms with E-state index >= 15 is 0 Å². The summed E-state index contributed by atoms with van der Waals surface area (Å²) in [6, 6.07) is 7.45. The Morgan fingerprint density at radius 3 is 2.58 bits per heavy atom. The van der Waals surface area contributed by atoms with E-state index in [1.165, 1.54) is 0 Å². The molecule has 0 aliphatic carbocycles. The lowest BCUT2D eigenvalue weighted by Gasteiger charge is -2.28. The standard InChI is InChI=1S/C17H20N4O5/c1-11-15(16(18)26-20-11)17(23)25-10-14(22)19-12-2-4-13(5-3-12)21-6-8-24-9-7-21/h2-5H,6-10,18H2,1H3,(H,19,22). The average Bonchev–Trinajstić information content (AvgIpc) is 2.99. The van der Waals surface area contributed by atoms with Crippen molar-refractivity contribution in [2.24, 2.45) is 0 Å². The summed E-state index contributed by atoms with van der Waals surface area (Å²) in [6.45, 7) is 4.22. The van der Waals surface area contributed by atoms with Crippen LogP contribution in [0.5, 0.6) is 0 Å². The molecule has 0 spiro atoms. The molecular weight excluding hydrogens is 340 g/mol. The van der Waals surface area contributed by atoms with Crippen LogP contribution in [0.3, 0.4) is 0 Å². The van der Waals surface area contributed by atoms with Gasteiger partial charge in [0.05, 0.1) is 18.9 Å². The van der Waals surface area contributed by atoms with Gasteiger partial charge >= 0.3 is 5.97 Å². The smallest absolute Gasteiger partial charge is 0.346 e. The zero-order chi connectivity index (χ0) is 18.5. The molecule has 1 aromatic heterocycles. The fraction of sp³-hybridized carbons (Fsp3) is 0.353. The van der Waals surface area contributed by atoms with Gasteiger partial charge in [0.2, 0.25) is 5.88 Å². The van der Waals surface area contributed by atoms with Crippen LogP contribution in [0, 0.1) is 6.92 Å². The summed E-state index contributed by atoms with van der Waals surface area (Å²) in [7, 11) is 0. The van der Waals surface area contributed by atoms with Crippen molar-refractivity contribution in [2.75, 3.05) is 48.9 Å². The van der Waals surface area contributed by atoms with Crippen molar-refractivity contribution in [1.29, 1.82) is 0 Å². The molecule has 2 aromatic rings. The van der Waals surface area contributed by atoms with E-state index < -0.39 is 18.5 Å². The Balaban J connectivity index is 1.51. The monoisotopic (exact) mass is 360 g/mol. The summed E-state index contributed by atoms with van der Waals surface area (Å²) in [4.78, 5) is 26.1. The van der Waals surface area contributed by atoms with Gasteiger partial charge in [-0.15, -0.1) is 0 Å². The second-order valence-corrected chi connectivity index (χ2v) is 5.78. The number of benzene rings is 1. The largest absolute Gasteiger partial charge is 0.452 e. The molecule has 9 heteroatoms. The molecule has 26 heavy (non-hydrogen) atoms. The highest BCUT2D eigenvalue weighted by Crippen LogP contribution is 2.19. The fourth-order valence-corrected chi connectivity index (χ4v) is 2.61. The van der Waals surface area contributed by atoms with Gasteiger partial charge in [0.25, 0.3) is 5.91 Å². The Hall–Kier alpha value is -3.07. The highest BCUT2D eigenvalue weighted by Gasteiger charge is 2.21. The first kappa shape index (κ1) is 17.7. The summed E-state index contributed by atoms with van der Waals surface area (Å²) >= 11 is 0. The number of nitrogen functional groups attached to an aromatic ring is 1. The van der Waals surface area contributed by atoms with Crippen molar-refractivity contribution in [2.45, 2.75) is 6.92 Å². The summed E-state index contributed by atoms with van der Waals surface area (Å²) in [5, 5.41) is 6.24. The molecular formula is C17H20N4O5. The second kappa shape index (κ2) is 7.87. The van der Waals surface area contributed by atoms with Crippen molar-refractivity contribution in [3.05, 3.63) is 35.5 Å². The highest BCUT2D eigenvalue weighted by atomic mass is 16.5. The number of esters is 1. The molecule has 0 radical (unpaired) electrons. The summed E-state index contributed by atoms with van der Waals surface area (Å²) in [6.07, 6.45) is 0. The Morgan fingerprint density at radius 1 is 1.27 bits per heavy atom. The quantitative estimate of drug-likeness (QED) is 0.763. The van der Waals surface area contributed by atoms with Crippen LogP contribution in [0.1, 0.15) is 16.1 Å². The minimum atomic E-state index is -0.751. The van der Waals surface area contributed by atoms with Gasteiger partial charge in [0, 0.05) is 24.5 Å². The van der Waals surface area contributed by atoms with E-state index in [1.807, 2.05) is 12.1 Å². The predicted molar refractivity (Wildman–Crippen MR) is 94.0 cm³/mol. The number of hydrogen-bond acceptors (Lipinski definition) is 8. The van der Waals surface area contributed by atoms with E-state index in [1.54, 1.807) is 19.1 Å². The third-order valence-electron chi connectivity index (χ3n) is 3.95. The predicted octanol–water partition coefficient (Wildman–Crippen LogP) is 1.20. The maximum absolute atomic E-state index is 12.0. The van der Waals surface area contributed by atoms with Crippen LogP contribution in [0.15, 0.2) is 28.8 Å². The van der Waals surface area contributed by atoms with Gasteiger partial charge in [-0.25, -0.2) is 4.79 Å². The first-order valence-corrected chi connectivity index (χ1v) is 8.16. The zero-order valence-corrected chi connectivity index (χ0v) is 14.4. The molecule has 0 bridgehead atoms. The molecule has 0 atom stereocenters. The lowest BCUT2D eigenvalue weighted by molar-refractivity contribution is -0.119. The lowest BCUT2D eigenvalue weighted by atomic mass is 10.2. The van der Waals surface area contributed by atoms with Gasteiger partial charge in [0.15, 0.2) is 6.61 Å². The van der Waals surface area contributed by atoms with Gasteiger partial charge in [-0.05, 0) is 31.2 Å². The molecule has 0 unspecified atom stereocenters. The second-order valence-electron chi connectivity index (χ2n) is 5.78. The SMILES string of the molecule is Cc1noc(N)c1C(=O)OCC(=O)Nc1ccc(N2CCOCC2)cc1. The van der Waals surface area contributed by atoms with E-state index in [-0.39, 0.29) is 11.4 Å². The van der Waals surface area contributed by atoms with Crippen LogP contribution in [0.4, 0.5) is 17.3 Å². The van der Waals surface area contributed by atoms with E-state index in [9.17, 15) is 9.59 Å². The van der Waals surface area contributed by atoms with Crippen LogP contribution in [-0.2, 0) is 14.3 Å². The van der Waals surface area contributed by atoms with E-state index in [0.717, 1.165) is 18.8 Å². The van der Waals surface area contributed by atoms with Crippen molar-refractivity contribution in [1.82, 2.24) is 5.16 Å². The number of hydrogen-bond donors (Lipinski definition) is 2. The van der Waals surface area contributed by atoms with Crippen molar-refractivity contribution < 1.29 is 23.6 Å². The third kappa shape index (κ3) is 4.12. The van der Waals surface area contributed by atoms with E-state index in [4.69, 9.17) is 19.7 Å². The number of carbonyl (C=O) groups excluding carboxylic acids is 2. The van der Waals surface area contributed by atoms with Crippen LogP contribution in [0.2, 0.25) is 0 Å². The van der Waals surface area contributed by atoms with Crippen LogP contribution < -0.4 is 16.0 Å². The molecule has 3 rings (SSSR count). The maximum atomic E-state index is 12.0. The number of rotatable bonds is 5. The molecule has 1 aliphatic heterocycles. The first-order chi connectivity index (χ1) is 12.5. The number of anilines is 3. The first-order valence-electron chi connectivity index (χ1n) is 8.16. The number of nitrogens with one attached hydrogen (secondary N) is 1. The van der Waals surface area contributed by atoms with Crippen LogP contribution in [-0.4, -0.2) is 49.9 Å². The number of amides is 1. The molecule has 138 valence electrons. The molecule has 0 saturated carbocycles. The summed E-state index contributed by atoms with van der Waals surface area (Å²) < 4.78 is 15.0. The van der Waals surface area contributed by atoms with Gasteiger partial charge in [-0.3, -0.25) is 4.79 Å². The third-order valence-corrected chi connectivity index (χ3v) is 3.95. The number of aryl methyl sites for hydroxylation is 1. The van der Waals surface area contributed by atoms with E-state index in [0.29, 0.717) is 24.6 Å². The van der Waals surface area contributed by atoms with Gasteiger partial charge < -0.3 is 29.9 Å². The normalized spacial score (nSPS) is 14.1. The minimum absolute atomic E-state index is 0.0349. The molecule has 1 fully saturated rings. The minimum Gasteiger partial charge on any atom is -0.452 e. The van der Waals surface area contributed by atoms with Crippen LogP contribution >= 0.6 is 0 Å². The molecule has 3 N–H and O–H groups in total. The molecule has 1 amide bonds. The summed E-state index contributed by atoms with van der Waals surface area (Å²) in [5.41, 5.74) is 7.53. The van der Waals surface area contributed by atoms with Gasteiger partial charge in [-0.2, -0.15) is 0 Å². The molecule has 1 aromatic carbocycles. The number of aromatic nitrogens is 1. The Labute approximate surface area is 150 Å². The number of carbonyl (C=O) groups is 2. The van der Waals surface area contributed by atoms with Gasteiger partial charge in [0.1, 0.15) is 5.56 Å². The van der Waals surface area contributed by atoms with Crippen LogP contribution in [0.25, 0.3) is 0 Å². The molecule has 1 aliphatic rings. The van der Waals surface area contributed by atoms with Crippen molar-refractivity contribution in [3.8, 4) is 0 Å². The lowest BCUT2D eigenvalue weighted by Crippen LogP contribution is -2.36. The average molecular weight is 360 g/mol. The van der Waals surface area contributed by atoms with E-state index in [2.05, 4.69) is 15.4 Å². The molecule has 2 heterocycles. The number of nitrogens with two attached hydrogens (primary N) is 1. The summed E-state index contributed by atoms with van der Waals surface area (Å²) in [5.74, 6) is -1.34. The highest BCUT2D eigenvalue weighted by molar-refractivity contribution is 5.98. The Bertz CT molecular complexity index is 761. The topological polar surface area (TPSA) is 120 Å². The Kier molecular flexibility index (Phi) is 5.37. The maximum Gasteiger partial charge on any atom is 0.346 e. The molecule has 1 saturated heterocycles. The zero-order valence-electron chi connectivity index (χ0n) is 14.4. The van der Waals surface area contributed by atoms with Crippen molar-refractivity contribution >= 4 is 29.1 Å². The Morgan fingerprint density at radius 2 is 1.96 bits per heavy atom. The van der Waals surface area contributed by atoms with Crippen molar-refractivity contribution in [3.63, 3.8) is 0 Å². The number of nitrogens with zero attached hydrogens (tertiary/aromatic N) is 2. The number of morpholine rings is 1. The number of ether oxygens (including phenoxy) is 2.